The third kappa shape index (κ3) is 3.92. The van der Waals surface area contributed by atoms with E-state index in [1.165, 1.54) is 17.4 Å². The number of benzene rings is 1. The van der Waals surface area contributed by atoms with Crippen LogP contribution in [0.1, 0.15) is 13.8 Å². The van der Waals surface area contributed by atoms with Gasteiger partial charge in [-0.25, -0.2) is 12.7 Å². The number of sulfonamides is 1. The molecule has 0 spiro atoms. The Bertz CT molecular complexity index is 561. The molecule has 0 saturated heterocycles. The lowest BCUT2D eigenvalue weighted by atomic mass is 9.94. The molecule has 19 heavy (non-hydrogen) atoms. The number of hydrogen-bond donors (Lipinski definition) is 1. The molecule has 0 aliphatic carbocycles. The monoisotopic (exact) mass is 368 g/mol. The molecular weight excluding hydrogens is 352 g/mol. The Hall–Kier alpha value is -0.140. The molecule has 0 unspecified atom stereocenters. The molecule has 4 nitrogen and oxygen atoms in total. The minimum atomic E-state index is -3.62. The Morgan fingerprint density at radius 2 is 2.00 bits per heavy atom. The van der Waals surface area contributed by atoms with Crippen LogP contribution in [0.4, 0.5) is 0 Å². The molecule has 0 aromatic heterocycles. The fourth-order valence-corrected chi connectivity index (χ4v) is 3.96. The zero-order valence-electron chi connectivity index (χ0n) is 11.2. The predicted molar refractivity (Wildman–Crippen MR) is 81.8 cm³/mol. The summed E-state index contributed by atoms with van der Waals surface area (Å²) in [4.78, 5) is 0.0962. The van der Waals surface area contributed by atoms with Gasteiger partial charge in [-0.3, -0.25) is 0 Å². The van der Waals surface area contributed by atoms with E-state index in [0.29, 0.717) is 17.6 Å². The summed E-state index contributed by atoms with van der Waals surface area (Å²) in [5.74, 6) is 0. The van der Waals surface area contributed by atoms with E-state index in [0.717, 1.165) is 0 Å². The minimum Gasteiger partial charge on any atom is -0.330 e. The van der Waals surface area contributed by atoms with Crippen LogP contribution in [0.2, 0.25) is 5.02 Å². The van der Waals surface area contributed by atoms with Crippen molar-refractivity contribution >= 4 is 37.6 Å². The minimum absolute atomic E-state index is 0.0962. The van der Waals surface area contributed by atoms with Gasteiger partial charge in [0.25, 0.3) is 0 Å². The van der Waals surface area contributed by atoms with Crippen molar-refractivity contribution < 1.29 is 8.42 Å². The summed E-state index contributed by atoms with van der Waals surface area (Å²) in [5, 5.41) is 0.194. The van der Waals surface area contributed by atoms with Gasteiger partial charge in [-0.1, -0.05) is 31.5 Å². The SMILES string of the molecule is CN(CC(C)(C)CN)S(=O)(=O)c1cccc(Br)c1Cl. The van der Waals surface area contributed by atoms with Crippen LogP contribution in [0.5, 0.6) is 0 Å². The Morgan fingerprint density at radius 1 is 1.42 bits per heavy atom. The zero-order chi connectivity index (χ0) is 14.8. The average Bonchev–Trinajstić information content (AvgIpc) is 2.31. The largest absolute Gasteiger partial charge is 0.330 e. The van der Waals surface area contributed by atoms with E-state index in [2.05, 4.69) is 15.9 Å². The van der Waals surface area contributed by atoms with Crippen LogP contribution in [0.3, 0.4) is 0 Å². The second kappa shape index (κ2) is 6.10. The summed E-state index contributed by atoms with van der Waals surface area (Å²) in [7, 11) is -2.09. The van der Waals surface area contributed by atoms with Crippen molar-refractivity contribution in [2.75, 3.05) is 20.1 Å². The lowest BCUT2D eigenvalue weighted by Crippen LogP contribution is -2.39. The van der Waals surface area contributed by atoms with Gasteiger partial charge in [0.2, 0.25) is 10.0 Å². The smallest absolute Gasteiger partial charge is 0.244 e. The van der Waals surface area contributed by atoms with Crippen molar-refractivity contribution in [2.45, 2.75) is 18.7 Å². The van der Waals surface area contributed by atoms with Crippen molar-refractivity contribution in [3.8, 4) is 0 Å². The Labute approximate surface area is 128 Å². The van der Waals surface area contributed by atoms with Gasteiger partial charge in [-0.2, -0.15) is 0 Å². The number of rotatable bonds is 5. The molecule has 1 rings (SSSR count). The molecule has 1 aromatic carbocycles. The first-order valence-electron chi connectivity index (χ1n) is 5.72. The fourth-order valence-electron chi connectivity index (χ4n) is 1.60. The number of hydrogen-bond acceptors (Lipinski definition) is 3. The first-order valence-corrected chi connectivity index (χ1v) is 8.33. The highest BCUT2D eigenvalue weighted by Gasteiger charge is 2.29. The van der Waals surface area contributed by atoms with E-state index >= 15 is 0 Å². The molecule has 2 N–H and O–H groups in total. The zero-order valence-corrected chi connectivity index (χ0v) is 14.3. The van der Waals surface area contributed by atoms with Gasteiger partial charge in [0.15, 0.2) is 0 Å². The van der Waals surface area contributed by atoms with Gasteiger partial charge >= 0.3 is 0 Å². The van der Waals surface area contributed by atoms with Crippen LogP contribution in [-0.2, 0) is 10.0 Å². The normalized spacial score (nSPS) is 13.0. The molecule has 0 fully saturated rings. The summed E-state index contributed by atoms with van der Waals surface area (Å²) < 4.78 is 26.8. The third-order valence-electron chi connectivity index (χ3n) is 2.81. The van der Waals surface area contributed by atoms with Gasteiger partial charge in [0.05, 0.1) is 5.02 Å². The molecule has 0 heterocycles. The highest BCUT2D eigenvalue weighted by Crippen LogP contribution is 2.31. The summed E-state index contributed by atoms with van der Waals surface area (Å²) >= 11 is 9.28. The van der Waals surface area contributed by atoms with Gasteiger partial charge < -0.3 is 5.73 Å². The van der Waals surface area contributed by atoms with Crippen LogP contribution in [0.25, 0.3) is 0 Å². The number of nitrogens with two attached hydrogens (primary N) is 1. The van der Waals surface area contributed by atoms with Crippen LogP contribution in [-0.4, -0.2) is 32.9 Å². The fraction of sp³-hybridized carbons (Fsp3) is 0.500. The van der Waals surface area contributed by atoms with Crippen molar-refractivity contribution in [3.63, 3.8) is 0 Å². The van der Waals surface area contributed by atoms with Crippen molar-refractivity contribution in [2.24, 2.45) is 11.1 Å². The molecule has 0 aliphatic rings. The maximum Gasteiger partial charge on any atom is 0.244 e. The molecule has 108 valence electrons. The molecule has 7 heteroatoms. The summed E-state index contributed by atoms with van der Waals surface area (Å²) in [6, 6.07) is 4.84. The predicted octanol–water partition coefficient (Wildman–Crippen LogP) is 2.71. The summed E-state index contributed by atoms with van der Waals surface area (Å²) in [6.45, 7) is 4.57. The second-order valence-electron chi connectivity index (χ2n) is 5.18. The van der Waals surface area contributed by atoms with Gasteiger partial charge in [0.1, 0.15) is 4.90 Å². The molecule has 0 aliphatic heterocycles. The van der Waals surface area contributed by atoms with E-state index in [1.54, 1.807) is 12.1 Å². The topological polar surface area (TPSA) is 63.4 Å². The van der Waals surface area contributed by atoms with Gasteiger partial charge in [-0.05, 0) is 40.0 Å². The van der Waals surface area contributed by atoms with Crippen LogP contribution in [0.15, 0.2) is 27.6 Å². The first-order chi connectivity index (χ1) is 8.62. The highest BCUT2D eigenvalue weighted by molar-refractivity contribution is 9.10. The average molecular weight is 370 g/mol. The third-order valence-corrected chi connectivity index (χ3v) is 6.06. The van der Waals surface area contributed by atoms with Crippen LogP contribution < -0.4 is 5.73 Å². The lowest BCUT2D eigenvalue weighted by Gasteiger charge is -2.28. The van der Waals surface area contributed by atoms with E-state index in [1.807, 2.05) is 13.8 Å². The molecular formula is C12H18BrClN2O2S. The Morgan fingerprint density at radius 3 is 2.53 bits per heavy atom. The molecule has 0 saturated carbocycles. The highest BCUT2D eigenvalue weighted by atomic mass is 79.9. The maximum atomic E-state index is 12.5. The molecule has 0 bridgehead atoms. The van der Waals surface area contributed by atoms with Crippen LogP contribution in [0, 0.1) is 5.41 Å². The van der Waals surface area contributed by atoms with E-state index in [9.17, 15) is 8.42 Å². The molecule has 0 atom stereocenters. The lowest BCUT2D eigenvalue weighted by molar-refractivity contribution is 0.292. The van der Waals surface area contributed by atoms with Gasteiger partial charge in [-0.15, -0.1) is 0 Å². The molecule has 0 amide bonds. The van der Waals surface area contributed by atoms with Crippen molar-refractivity contribution in [1.82, 2.24) is 4.31 Å². The standard InChI is InChI=1S/C12H18BrClN2O2S/c1-12(2,7-15)8-16(3)19(17,18)10-6-4-5-9(13)11(10)14/h4-6H,7-8,15H2,1-3H3. The summed E-state index contributed by atoms with van der Waals surface area (Å²) in [6.07, 6.45) is 0. The van der Waals surface area contributed by atoms with Crippen LogP contribution >= 0.6 is 27.5 Å². The maximum absolute atomic E-state index is 12.5. The van der Waals surface area contributed by atoms with Crippen molar-refractivity contribution in [3.05, 3.63) is 27.7 Å². The summed E-state index contributed by atoms with van der Waals surface area (Å²) in [5.41, 5.74) is 5.34. The first kappa shape index (κ1) is 16.9. The van der Waals surface area contributed by atoms with Crippen molar-refractivity contribution in [1.29, 1.82) is 0 Å². The van der Waals surface area contributed by atoms with Gasteiger partial charge in [0, 0.05) is 18.1 Å². The second-order valence-corrected chi connectivity index (χ2v) is 8.43. The number of nitrogens with zero attached hydrogens (tertiary/aromatic N) is 1. The van der Waals surface area contributed by atoms with E-state index in [-0.39, 0.29) is 15.3 Å². The van der Waals surface area contributed by atoms with E-state index < -0.39 is 10.0 Å². The Kier molecular flexibility index (Phi) is 5.43. The molecule has 1 aromatic rings. The quantitative estimate of drug-likeness (QED) is 0.868. The van der Waals surface area contributed by atoms with E-state index in [4.69, 9.17) is 17.3 Å². The number of halogens is 2. The molecule has 0 radical (unpaired) electrons. The Balaban J connectivity index is 3.14.